The molecule has 0 bridgehead atoms. The fourth-order valence-corrected chi connectivity index (χ4v) is 3.39. The summed E-state index contributed by atoms with van der Waals surface area (Å²) < 4.78 is 5.30. The number of hydrogen-bond donors (Lipinski definition) is 1. The number of alkyl carbamates (subject to hydrolysis) is 1. The Labute approximate surface area is 148 Å². The molecule has 0 spiro atoms. The number of carbonyl (C=O) groups is 2. The first-order valence-corrected chi connectivity index (χ1v) is 9.01. The molecule has 0 unspecified atom stereocenters. The van der Waals surface area contributed by atoms with E-state index < -0.39 is 6.09 Å². The minimum absolute atomic E-state index is 0.0146. The van der Waals surface area contributed by atoms with Gasteiger partial charge in [-0.1, -0.05) is 43.2 Å². The molecule has 1 saturated carbocycles. The van der Waals surface area contributed by atoms with Crippen LogP contribution in [0.25, 0.3) is 0 Å². The van der Waals surface area contributed by atoms with Gasteiger partial charge in [0, 0.05) is 6.54 Å². The van der Waals surface area contributed by atoms with E-state index >= 15 is 0 Å². The summed E-state index contributed by atoms with van der Waals surface area (Å²) in [7, 11) is 0. The third-order valence-corrected chi connectivity index (χ3v) is 4.65. The first kappa shape index (κ1) is 18.6. The molecule has 0 radical (unpaired) electrons. The largest absolute Gasteiger partial charge is 0.445 e. The lowest BCUT2D eigenvalue weighted by atomic mass is 9.89. The molecule has 0 aromatic heterocycles. The molecule has 1 aliphatic carbocycles. The van der Waals surface area contributed by atoms with Crippen LogP contribution in [0.4, 0.5) is 4.79 Å². The smallest absolute Gasteiger partial charge is 0.407 e. The SMILES string of the molecule is CCN(C(=O)CCl)[C@H]1CCCC[C@@H]1NC(=O)OCc1ccccc1. The number of alkyl halides is 1. The Hall–Kier alpha value is -1.75. The molecule has 1 aliphatic rings. The summed E-state index contributed by atoms with van der Waals surface area (Å²) in [6.07, 6.45) is 3.36. The van der Waals surface area contributed by atoms with Crippen molar-refractivity contribution in [3.8, 4) is 0 Å². The number of halogens is 1. The molecule has 0 heterocycles. The number of nitrogens with zero attached hydrogens (tertiary/aromatic N) is 1. The average molecular weight is 353 g/mol. The van der Waals surface area contributed by atoms with E-state index in [-0.39, 0.29) is 30.5 Å². The summed E-state index contributed by atoms with van der Waals surface area (Å²) in [5.74, 6) is -0.120. The van der Waals surface area contributed by atoms with Crippen LogP contribution >= 0.6 is 11.6 Å². The molecule has 5 nitrogen and oxygen atoms in total. The minimum Gasteiger partial charge on any atom is -0.445 e. The Balaban J connectivity index is 1.92. The van der Waals surface area contributed by atoms with E-state index in [1.807, 2.05) is 37.3 Å². The molecule has 24 heavy (non-hydrogen) atoms. The fourth-order valence-electron chi connectivity index (χ4n) is 3.24. The molecule has 132 valence electrons. The van der Waals surface area contributed by atoms with Gasteiger partial charge >= 0.3 is 6.09 Å². The fraction of sp³-hybridized carbons (Fsp3) is 0.556. The molecule has 1 aromatic rings. The van der Waals surface area contributed by atoms with Crippen molar-refractivity contribution < 1.29 is 14.3 Å². The summed E-state index contributed by atoms with van der Waals surface area (Å²) in [4.78, 5) is 25.9. The van der Waals surface area contributed by atoms with Gasteiger partial charge in [0.15, 0.2) is 0 Å². The van der Waals surface area contributed by atoms with Crippen LogP contribution in [-0.2, 0) is 16.1 Å². The second-order valence-electron chi connectivity index (χ2n) is 5.98. The number of benzene rings is 1. The molecule has 1 aromatic carbocycles. The second kappa shape index (κ2) is 9.52. The maximum absolute atomic E-state index is 12.1. The maximum Gasteiger partial charge on any atom is 0.407 e. The van der Waals surface area contributed by atoms with Gasteiger partial charge in [-0.25, -0.2) is 4.79 Å². The zero-order valence-electron chi connectivity index (χ0n) is 14.0. The van der Waals surface area contributed by atoms with Gasteiger partial charge in [0.2, 0.25) is 5.91 Å². The maximum atomic E-state index is 12.1. The van der Waals surface area contributed by atoms with Gasteiger partial charge in [0.1, 0.15) is 12.5 Å². The van der Waals surface area contributed by atoms with E-state index in [1.165, 1.54) is 0 Å². The summed E-state index contributed by atoms with van der Waals surface area (Å²) in [6, 6.07) is 9.45. The van der Waals surface area contributed by atoms with E-state index in [2.05, 4.69) is 5.32 Å². The van der Waals surface area contributed by atoms with Crippen LogP contribution in [0.15, 0.2) is 30.3 Å². The Morgan fingerprint density at radius 2 is 1.96 bits per heavy atom. The standard InChI is InChI=1S/C18H25ClN2O3/c1-2-21(17(22)12-19)16-11-7-6-10-15(16)20-18(23)24-13-14-8-4-3-5-9-14/h3-5,8-9,15-16H,2,6-7,10-13H2,1H3,(H,20,23)/t15-,16-/m0/s1. The molecule has 2 rings (SSSR count). The van der Waals surface area contributed by atoms with Crippen molar-refractivity contribution in [2.45, 2.75) is 51.3 Å². The topological polar surface area (TPSA) is 58.6 Å². The Bertz CT molecular complexity index is 538. The summed E-state index contributed by atoms with van der Waals surface area (Å²) in [6.45, 7) is 2.76. The lowest BCUT2D eigenvalue weighted by molar-refractivity contribution is -0.131. The first-order chi connectivity index (χ1) is 11.7. The van der Waals surface area contributed by atoms with Crippen molar-refractivity contribution >= 4 is 23.6 Å². The van der Waals surface area contributed by atoms with Gasteiger partial charge in [-0.15, -0.1) is 11.6 Å². The van der Waals surface area contributed by atoms with Crippen molar-refractivity contribution in [3.63, 3.8) is 0 Å². The lowest BCUT2D eigenvalue weighted by Gasteiger charge is -2.39. The predicted octanol–water partition coefficient (Wildman–Crippen LogP) is 3.31. The second-order valence-corrected chi connectivity index (χ2v) is 6.25. The van der Waals surface area contributed by atoms with Crippen molar-refractivity contribution in [2.24, 2.45) is 0 Å². The highest BCUT2D eigenvalue weighted by Gasteiger charge is 2.33. The molecule has 2 atom stereocenters. The summed E-state index contributed by atoms with van der Waals surface area (Å²) in [5, 5.41) is 2.93. The molecule has 0 saturated heterocycles. The van der Waals surface area contributed by atoms with Crippen LogP contribution in [0.3, 0.4) is 0 Å². The normalized spacial score (nSPS) is 20.2. The first-order valence-electron chi connectivity index (χ1n) is 8.48. The molecule has 0 aliphatic heterocycles. The number of hydrogen-bond acceptors (Lipinski definition) is 3. The third kappa shape index (κ3) is 5.13. The highest BCUT2D eigenvalue weighted by molar-refractivity contribution is 6.27. The molecule has 6 heteroatoms. The monoisotopic (exact) mass is 352 g/mol. The number of ether oxygens (including phenoxy) is 1. The zero-order valence-corrected chi connectivity index (χ0v) is 14.8. The molecule has 1 N–H and O–H groups in total. The van der Waals surface area contributed by atoms with Gasteiger partial charge < -0.3 is 15.0 Å². The Morgan fingerprint density at radius 1 is 1.25 bits per heavy atom. The van der Waals surface area contributed by atoms with Crippen LogP contribution < -0.4 is 5.32 Å². The van der Waals surface area contributed by atoms with Gasteiger partial charge in [-0.05, 0) is 25.3 Å². The van der Waals surface area contributed by atoms with Crippen molar-refractivity contribution in [1.82, 2.24) is 10.2 Å². The van der Waals surface area contributed by atoms with E-state index in [0.717, 1.165) is 31.2 Å². The van der Waals surface area contributed by atoms with Crippen molar-refractivity contribution in [3.05, 3.63) is 35.9 Å². The zero-order chi connectivity index (χ0) is 17.4. The van der Waals surface area contributed by atoms with Gasteiger partial charge in [0.05, 0.1) is 12.1 Å². The van der Waals surface area contributed by atoms with Crippen LogP contribution in [0.1, 0.15) is 38.2 Å². The van der Waals surface area contributed by atoms with E-state index in [4.69, 9.17) is 16.3 Å². The van der Waals surface area contributed by atoms with Crippen LogP contribution in [0.2, 0.25) is 0 Å². The van der Waals surface area contributed by atoms with Crippen LogP contribution in [-0.4, -0.2) is 41.4 Å². The number of amides is 2. The minimum atomic E-state index is -0.440. The molecule has 2 amide bonds. The third-order valence-electron chi connectivity index (χ3n) is 4.42. The highest BCUT2D eigenvalue weighted by Crippen LogP contribution is 2.24. The van der Waals surface area contributed by atoms with Gasteiger partial charge in [-0.3, -0.25) is 4.79 Å². The van der Waals surface area contributed by atoms with E-state index in [1.54, 1.807) is 4.90 Å². The summed E-state index contributed by atoms with van der Waals surface area (Å²) in [5.41, 5.74) is 0.945. The van der Waals surface area contributed by atoms with Crippen molar-refractivity contribution in [2.75, 3.05) is 12.4 Å². The van der Waals surface area contributed by atoms with E-state index in [9.17, 15) is 9.59 Å². The van der Waals surface area contributed by atoms with Gasteiger partial charge in [0.25, 0.3) is 0 Å². The van der Waals surface area contributed by atoms with Crippen LogP contribution in [0, 0.1) is 0 Å². The average Bonchev–Trinajstić information content (AvgIpc) is 2.62. The number of likely N-dealkylation sites (N-methyl/N-ethyl adjacent to an activating group) is 1. The molecule has 1 fully saturated rings. The number of nitrogens with one attached hydrogen (secondary N) is 1. The van der Waals surface area contributed by atoms with Gasteiger partial charge in [-0.2, -0.15) is 0 Å². The number of rotatable bonds is 6. The molecular weight excluding hydrogens is 328 g/mol. The van der Waals surface area contributed by atoms with Crippen molar-refractivity contribution in [1.29, 1.82) is 0 Å². The number of carbonyl (C=O) groups excluding carboxylic acids is 2. The quantitative estimate of drug-likeness (QED) is 0.799. The predicted molar refractivity (Wildman–Crippen MR) is 93.9 cm³/mol. The van der Waals surface area contributed by atoms with Crippen LogP contribution in [0.5, 0.6) is 0 Å². The Morgan fingerprint density at radius 3 is 2.62 bits per heavy atom. The molecular formula is C18H25ClN2O3. The Kier molecular flexibility index (Phi) is 7.37. The highest BCUT2D eigenvalue weighted by atomic mass is 35.5. The summed E-state index contributed by atoms with van der Waals surface area (Å²) >= 11 is 5.71. The lowest BCUT2D eigenvalue weighted by Crippen LogP contribution is -2.55. The van der Waals surface area contributed by atoms with E-state index in [0.29, 0.717) is 6.54 Å².